The number of hydrogen-bond donors (Lipinski definition) is 1. The van der Waals surface area contributed by atoms with Crippen molar-refractivity contribution in [1.82, 2.24) is 0 Å². The molecule has 0 spiro atoms. The summed E-state index contributed by atoms with van der Waals surface area (Å²) in [5.41, 5.74) is 0. The van der Waals surface area contributed by atoms with Crippen LogP contribution in [0.3, 0.4) is 0 Å². The van der Waals surface area contributed by atoms with Gasteiger partial charge in [0.1, 0.15) is 6.10 Å². The molecule has 6 atom stereocenters. The Balaban J connectivity index is 3.13. The molecular weight excluding hydrogens is 497 g/mol. The Morgan fingerprint density at radius 1 is 0.971 bits per heavy atom. The monoisotopic (exact) mass is 542 g/mol. The van der Waals surface area contributed by atoms with Crippen LogP contribution in [-0.2, 0) is 27.5 Å². The molecule has 0 aliphatic carbocycles. The summed E-state index contributed by atoms with van der Waals surface area (Å²) in [6.07, 6.45) is 1.39. The molecule has 35 heavy (non-hydrogen) atoms. The van der Waals surface area contributed by atoms with Gasteiger partial charge in [-0.2, -0.15) is 0 Å². The van der Waals surface area contributed by atoms with E-state index in [1.54, 1.807) is 0 Å². The Morgan fingerprint density at radius 3 is 1.97 bits per heavy atom. The van der Waals surface area contributed by atoms with E-state index in [0.717, 1.165) is 0 Å². The lowest BCUT2D eigenvalue weighted by Gasteiger charge is -2.45. The standard InChI is InChI=1S/C25H46O7Si3/c1-16(17(26)12-13-21(27)28-11)22-19(32-35-25(8,9)10)14-18(31-34-24(5,6)7)20(30-22)15-29-33-23(2,3)4/h12-13,16-20,22,26H,14-15H2,1-11H3/b13-12+/t16-,17-,18-,19+,20-,22-/m1/s1. The molecule has 0 amide bonds. The highest BCUT2D eigenvalue weighted by atomic mass is 28.2. The van der Waals surface area contributed by atoms with Gasteiger partial charge in [0.15, 0.2) is 0 Å². The van der Waals surface area contributed by atoms with Gasteiger partial charge in [0.05, 0.1) is 38.1 Å². The van der Waals surface area contributed by atoms with Crippen molar-refractivity contribution in [2.75, 3.05) is 13.7 Å². The van der Waals surface area contributed by atoms with Gasteiger partial charge in [0, 0.05) is 18.4 Å². The number of methoxy groups -OCH3 is 1. The number of ether oxygens (including phenoxy) is 2. The molecule has 1 saturated heterocycles. The SMILES string of the molecule is COC(=O)/C=C/[C@@H](O)[C@@H](C)[C@H]1O[C@H](CO[Si]C(C)(C)C)[C@H](O[Si]C(C)(C)C)C[C@@H]1O[Si]C(C)(C)C. The maximum Gasteiger partial charge on any atom is 0.330 e. The number of carbonyl (C=O) groups is 1. The third kappa shape index (κ3) is 13.7. The van der Waals surface area contributed by atoms with Gasteiger partial charge in [0.25, 0.3) is 0 Å². The van der Waals surface area contributed by atoms with Crippen molar-refractivity contribution in [3.8, 4) is 0 Å². The lowest BCUT2D eigenvalue weighted by Crippen LogP contribution is -2.55. The molecule has 6 radical (unpaired) electrons. The molecule has 10 heteroatoms. The molecule has 0 aromatic carbocycles. The summed E-state index contributed by atoms with van der Waals surface area (Å²) in [6, 6.07) is 0. The van der Waals surface area contributed by atoms with Crippen molar-refractivity contribution in [2.45, 2.75) is 121 Å². The van der Waals surface area contributed by atoms with Crippen LogP contribution in [0.5, 0.6) is 0 Å². The van der Waals surface area contributed by atoms with Gasteiger partial charge in [-0.3, -0.25) is 0 Å². The van der Waals surface area contributed by atoms with Crippen molar-refractivity contribution < 1.29 is 32.7 Å². The molecule has 1 N–H and O–H groups in total. The van der Waals surface area contributed by atoms with Gasteiger partial charge in [-0.1, -0.05) is 69.2 Å². The van der Waals surface area contributed by atoms with Gasteiger partial charge in [-0.05, 0) is 21.2 Å². The van der Waals surface area contributed by atoms with Gasteiger partial charge < -0.3 is 27.9 Å². The predicted octanol–water partition coefficient (Wildman–Crippen LogP) is 4.17. The van der Waals surface area contributed by atoms with Crippen molar-refractivity contribution in [3.63, 3.8) is 0 Å². The first-order valence-corrected chi connectivity index (χ1v) is 15.0. The van der Waals surface area contributed by atoms with E-state index in [9.17, 15) is 9.90 Å². The van der Waals surface area contributed by atoms with Gasteiger partial charge in [-0.25, -0.2) is 4.79 Å². The Labute approximate surface area is 220 Å². The Bertz CT molecular complexity index is 667. The van der Waals surface area contributed by atoms with E-state index in [4.69, 9.17) is 18.0 Å². The maximum atomic E-state index is 11.5. The highest BCUT2D eigenvalue weighted by Gasteiger charge is 2.44. The van der Waals surface area contributed by atoms with E-state index in [1.165, 1.54) is 19.3 Å². The molecule has 0 aromatic rings. The molecular formula is C25H46O7Si3. The van der Waals surface area contributed by atoms with E-state index < -0.39 is 12.1 Å². The molecule has 1 aliphatic heterocycles. The number of rotatable bonds is 11. The Kier molecular flexibility index (Phi) is 13.1. The van der Waals surface area contributed by atoms with E-state index in [1.807, 2.05) is 6.92 Å². The highest BCUT2D eigenvalue weighted by Crippen LogP contribution is 2.34. The second-order valence-corrected chi connectivity index (χ2v) is 18.2. The minimum absolute atomic E-state index is 0.00843. The van der Waals surface area contributed by atoms with Gasteiger partial charge in [0.2, 0.25) is 29.3 Å². The summed E-state index contributed by atoms with van der Waals surface area (Å²) in [4.78, 5) is 11.5. The van der Waals surface area contributed by atoms with Crippen molar-refractivity contribution in [2.24, 2.45) is 5.92 Å². The van der Waals surface area contributed by atoms with Crippen LogP contribution in [0.1, 0.15) is 75.7 Å². The van der Waals surface area contributed by atoms with E-state index in [0.29, 0.717) is 32.6 Å². The van der Waals surface area contributed by atoms with Crippen LogP contribution in [-0.4, -0.2) is 84.6 Å². The van der Waals surface area contributed by atoms with Crippen molar-refractivity contribution in [3.05, 3.63) is 12.2 Å². The van der Waals surface area contributed by atoms with E-state index in [-0.39, 0.29) is 55.2 Å². The van der Waals surface area contributed by atoms with Crippen LogP contribution in [0.4, 0.5) is 0 Å². The molecule has 0 bridgehead atoms. The predicted molar refractivity (Wildman–Crippen MR) is 142 cm³/mol. The van der Waals surface area contributed by atoms with Crippen molar-refractivity contribution >= 4 is 35.3 Å². The summed E-state index contributed by atoms with van der Waals surface area (Å²) in [7, 11) is 2.23. The number of hydrogen-bond acceptors (Lipinski definition) is 7. The molecule has 0 saturated carbocycles. The summed E-state index contributed by atoms with van der Waals surface area (Å²) in [5, 5.41) is 10.9. The molecule has 0 aromatic heterocycles. The molecule has 0 unspecified atom stereocenters. The molecule has 7 nitrogen and oxygen atoms in total. The molecule has 1 fully saturated rings. The zero-order valence-electron chi connectivity index (χ0n) is 23.4. The smallest absolute Gasteiger partial charge is 0.330 e. The average Bonchev–Trinajstić information content (AvgIpc) is 2.72. The Hall–Kier alpha value is -0.339. The summed E-state index contributed by atoms with van der Waals surface area (Å²) < 4.78 is 30.1. The summed E-state index contributed by atoms with van der Waals surface area (Å²) in [6.45, 7) is 21.7. The first-order valence-electron chi connectivity index (χ1n) is 12.3. The largest absolute Gasteiger partial charge is 0.466 e. The fourth-order valence-corrected chi connectivity index (χ4v) is 5.37. The normalized spacial score (nSPS) is 26.1. The fourth-order valence-electron chi connectivity index (χ4n) is 3.20. The fraction of sp³-hybridized carbons (Fsp3) is 0.880. The van der Waals surface area contributed by atoms with Crippen LogP contribution in [0.15, 0.2) is 12.2 Å². The quantitative estimate of drug-likeness (QED) is 0.238. The van der Waals surface area contributed by atoms with Crippen LogP contribution in [0.25, 0.3) is 0 Å². The van der Waals surface area contributed by atoms with Crippen LogP contribution in [0, 0.1) is 5.92 Å². The minimum atomic E-state index is -0.893. The molecule has 1 heterocycles. The number of aliphatic hydroxyl groups excluding tert-OH is 1. The highest BCUT2D eigenvalue weighted by molar-refractivity contribution is 6.32. The van der Waals surface area contributed by atoms with Crippen LogP contribution < -0.4 is 0 Å². The second kappa shape index (κ2) is 14.0. The van der Waals surface area contributed by atoms with E-state index in [2.05, 4.69) is 67.1 Å². The number of esters is 1. The van der Waals surface area contributed by atoms with Crippen LogP contribution in [0.2, 0.25) is 15.1 Å². The zero-order valence-corrected chi connectivity index (χ0v) is 26.4. The third-order valence-corrected chi connectivity index (χ3v) is 7.91. The van der Waals surface area contributed by atoms with Crippen LogP contribution >= 0.6 is 0 Å². The third-order valence-electron chi connectivity index (χ3n) is 4.92. The average molecular weight is 543 g/mol. The first kappa shape index (κ1) is 32.7. The second-order valence-electron chi connectivity index (χ2n) is 12.3. The summed E-state index contributed by atoms with van der Waals surface area (Å²) >= 11 is 0. The maximum absolute atomic E-state index is 11.5. The first-order chi connectivity index (χ1) is 15.9. The summed E-state index contributed by atoms with van der Waals surface area (Å²) in [5.74, 6) is -0.821. The lowest BCUT2D eigenvalue weighted by atomic mass is 9.87. The molecule has 1 rings (SSSR count). The van der Waals surface area contributed by atoms with Gasteiger partial charge in [-0.15, -0.1) is 0 Å². The zero-order chi connectivity index (χ0) is 27.0. The Morgan fingerprint density at radius 2 is 1.49 bits per heavy atom. The lowest BCUT2D eigenvalue weighted by molar-refractivity contribution is -0.187. The molecule has 200 valence electrons. The topological polar surface area (TPSA) is 83.5 Å². The number of carbonyl (C=O) groups excluding carboxylic acids is 1. The number of aliphatic hydroxyl groups is 1. The van der Waals surface area contributed by atoms with Crippen molar-refractivity contribution in [1.29, 1.82) is 0 Å². The minimum Gasteiger partial charge on any atom is -0.466 e. The van der Waals surface area contributed by atoms with Gasteiger partial charge >= 0.3 is 5.97 Å². The molecule has 1 aliphatic rings. The van der Waals surface area contributed by atoms with E-state index >= 15 is 0 Å².